The first-order chi connectivity index (χ1) is 9.54. The second-order valence-electron chi connectivity index (χ2n) is 5.27. The van der Waals surface area contributed by atoms with Crippen molar-refractivity contribution in [2.24, 2.45) is 0 Å². The number of ether oxygens (including phenoxy) is 1. The molecule has 6 nitrogen and oxygen atoms in total. The molecule has 1 fully saturated rings. The van der Waals surface area contributed by atoms with Crippen molar-refractivity contribution in [3.05, 3.63) is 24.4 Å². The normalized spacial score (nSPS) is 22.1. The van der Waals surface area contributed by atoms with E-state index in [1.807, 2.05) is 23.1 Å². The van der Waals surface area contributed by atoms with Gasteiger partial charge in [-0.15, -0.1) is 0 Å². The first-order valence-corrected chi connectivity index (χ1v) is 6.65. The van der Waals surface area contributed by atoms with E-state index >= 15 is 0 Å². The van der Waals surface area contributed by atoms with E-state index in [4.69, 9.17) is 4.74 Å². The lowest BCUT2D eigenvalue weighted by atomic mass is 10.0. The van der Waals surface area contributed by atoms with Crippen molar-refractivity contribution in [2.45, 2.75) is 12.0 Å². The zero-order chi connectivity index (χ0) is 14.6. The number of methoxy groups -OCH3 is 1. The Morgan fingerprint density at radius 1 is 1.60 bits per heavy atom. The Hall–Kier alpha value is -1.66. The number of carbonyl (C=O) groups excluding carboxylic acids is 1. The molecule has 1 aliphatic rings. The molecule has 1 aliphatic heterocycles. The van der Waals surface area contributed by atoms with E-state index in [1.54, 1.807) is 13.2 Å². The number of pyridine rings is 1. The number of aromatic nitrogens is 1. The van der Waals surface area contributed by atoms with Crippen molar-refractivity contribution >= 4 is 11.7 Å². The van der Waals surface area contributed by atoms with E-state index in [9.17, 15) is 9.90 Å². The van der Waals surface area contributed by atoms with Crippen LogP contribution in [0.2, 0.25) is 0 Å². The zero-order valence-corrected chi connectivity index (χ0v) is 12.0. The molecule has 1 amide bonds. The molecule has 1 unspecified atom stereocenters. The third-order valence-corrected chi connectivity index (χ3v) is 3.53. The average molecular weight is 279 g/mol. The van der Waals surface area contributed by atoms with Crippen molar-refractivity contribution in [3.8, 4) is 0 Å². The van der Waals surface area contributed by atoms with Gasteiger partial charge in [-0.1, -0.05) is 6.07 Å². The molecule has 6 heteroatoms. The molecule has 0 aliphatic carbocycles. The van der Waals surface area contributed by atoms with E-state index in [0.29, 0.717) is 19.5 Å². The summed E-state index contributed by atoms with van der Waals surface area (Å²) >= 11 is 0. The highest BCUT2D eigenvalue weighted by Gasteiger charge is 2.38. The maximum absolute atomic E-state index is 11.7. The highest BCUT2D eigenvalue weighted by atomic mass is 16.5. The smallest absolute Gasteiger partial charge is 0.248 e. The van der Waals surface area contributed by atoms with Crippen LogP contribution in [-0.2, 0) is 9.53 Å². The second-order valence-corrected chi connectivity index (χ2v) is 5.27. The molecule has 1 atom stereocenters. The molecule has 0 radical (unpaired) electrons. The number of nitrogens with zero attached hydrogens (tertiary/aromatic N) is 3. The van der Waals surface area contributed by atoms with Crippen LogP contribution in [0.25, 0.3) is 0 Å². The Balaban J connectivity index is 1.95. The molecule has 0 aromatic carbocycles. The summed E-state index contributed by atoms with van der Waals surface area (Å²) in [5.74, 6) is 0.728. The minimum atomic E-state index is -0.893. The number of hydrogen-bond donors (Lipinski definition) is 1. The first kappa shape index (κ1) is 14.7. The van der Waals surface area contributed by atoms with Crippen LogP contribution in [-0.4, -0.2) is 66.9 Å². The van der Waals surface area contributed by atoms with Crippen LogP contribution in [0, 0.1) is 0 Å². The van der Waals surface area contributed by atoms with E-state index < -0.39 is 5.60 Å². The average Bonchev–Trinajstić information content (AvgIpc) is 2.82. The molecule has 2 rings (SSSR count). The van der Waals surface area contributed by atoms with Crippen LogP contribution in [0.1, 0.15) is 6.42 Å². The predicted octanol–water partition coefficient (Wildman–Crippen LogP) is 0.128. The first-order valence-electron chi connectivity index (χ1n) is 6.65. The number of likely N-dealkylation sites (N-methyl/N-ethyl adjacent to an activating group) is 1. The number of aliphatic hydroxyl groups is 1. The van der Waals surface area contributed by atoms with Gasteiger partial charge >= 0.3 is 0 Å². The Morgan fingerprint density at radius 2 is 2.40 bits per heavy atom. The van der Waals surface area contributed by atoms with Crippen LogP contribution < -0.4 is 4.90 Å². The fourth-order valence-corrected chi connectivity index (χ4v) is 2.49. The summed E-state index contributed by atoms with van der Waals surface area (Å²) in [6.45, 7) is 1.56. The Morgan fingerprint density at radius 3 is 3.05 bits per heavy atom. The quantitative estimate of drug-likeness (QED) is 0.830. The van der Waals surface area contributed by atoms with Crippen molar-refractivity contribution in [1.29, 1.82) is 0 Å². The van der Waals surface area contributed by atoms with Crippen molar-refractivity contribution in [1.82, 2.24) is 9.88 Å². The van der Waals surface area contributed by atoms with Crippen LogP contribution >= 0.6 is 0 Å². The van der Waals surface area contributed by atoms with E-state index in [2.05, 4.69) is 4.98 Å². The summed E-state index contributed by atoms with van der Waals surface area (Å²) in [5, 5.41) is 10.6. The largest absolute Gasteiger partial charge is 0.386 e. The van der Waals surface area contributed by atoms with Gasteiger partial charge in [0.15, 0.2) is 0 Å². The maximum Gasteiger partial charge on any atom is 0.248 e. The summed E-state index contributed by atoms with van der Waals surface area (Å²) in [5.41, 5.74) is -0.893. The van der Waals surface area contributed by atoms with E-state index in [1.165, 1.54) is 12.0 Å². The number of rotatable bonds is 5. The van der Waals surface area contributed by atoms with Crippen LogP contribution in [0.4, 0.5) is 5.82 Å². The Bertz CT molecular complexity index is 454. The zero-order valence-electron chi connectivity index (χ0n) is 12.0. The Kier molecular flexibility index (Phi) is 4.57. The number of carbonyl (C=O) groups is 1. The molecule has 1 aromatic heterocycles. The lowest BCUT2D eigenvalue weighted by Crippen LogP contribution is -2.46. The standard InChI is InChI=1S/C14H21N3O3/c1-16(13(18)9-20-2)10-14(19)6-8-17(11-14)12-5-3-4-7-15-12/h3-5,7,19H,6,8-11H2,1-2H3. The lowest BCUT2D eigenvalue weighted by molar-refractivity contribution is -0.136. The molecule has 1 aromatic rings. The number of β-amino-alcohol motifs (C(OH)–C–C–N with tert-alkyl or cyclic N) is 1. The lowest BCUT2D eigenvalue weighted by Gasteiger charge is -2.29. The molecular weight excluding hydrogens is 258 g/mol. The van der Waals surface area contributed by atoms with Gasteiger partial charge in [0.2, 0.25) is 5.91 Å². The highest BCUT2D eigenvalue weighted by Crippen LogP contribution is 2.25. The number of anilines is 1. The molecule has 20 heavy (non-hydrogen) atoms. The summed E-state index contributed by atoms with van der Waals surface area (Å²) in [7, 11) is 3.17. The second kappa shape index (κ2) is 6.19. The molecule has 1 saturated heterocycles. The van der Waals surface area contributed by atoms with Gasteiger partial charge < -0.3 is 19.6 Å². The molecular formula is C14H21N3O3. The van der Waals surface area contributed by atoms with Crippen molar-refractivity contribution in [2.75, 3.05) is 45.3 Å². The minimum absolute atomic E-state index is 0.0382. The molecule has 1 N–H and O–H groups in total. The fraction of sp³-hybridized carbons (Fsp3) is 0.571. The Labute approximate surface area is 119 Å². The molecule has 2 heterocycles. The SMILES string of the molecule is COCC(=O)N(C)CC1(O)CCN(c2ccccn2)C1. The molecule has 0 spiro atoms. The van der Waals surface area contributed by atoms with Gasteiger partial charge in [0, 0.05) is 33.4 Å². The van der Waals surface area contributed by atoms with Gasteiger partial charge in [-0.3, -0.25) is 4.79 Å². The van der Waals surface area contributed by atoms with E-state index in [-0.39, 0.29) is 12.5 Å². The summed E-state index contributed by atoms with van der Waals surface area (Å²) in [6.07, 6.45) is 2.36. The van der Waals surface area contributed by atoms with Gasteiger partial charge in [0.1, 0.15) is 18.0 Å². The van der Waals surface area contributed by atoms with Crippen LogP contribution in [0.15, 0.2) is 24.4 Å². The topological polar surface area (TPSA) is 65.9 Å². The molecule has 0 saturated carbocycles. The number of hydrogen-bond acceptors (Lipinski definition) is 5. The highest BCUT2D eigenvalue weighted by molar-refractivity contribution is 5.77. The molecule has 0 bridgehead atoms. The van der Waals surface area contributed by atoms with Crippen molar-refractivity contribution < 1.29 is 14.6 Å². The summed E-state index contributed by atoms with van der Waals surface area (Å²) < 4.78 is 4.82. The van der Waals surface area contributed by atoms with Gasteiger partial charge in [-0.2, -0.15) is 0 Å². The predicted molar refractivity (Wildman–Crippen MR) is 75.5 cm³/mol. The van der Waals surface area contributed by atoms with Crippen LogP contribution in [0.5, 0.6) is 0 Å². The van der Waals surface area contributed by atoms with Crippen LogP contribution in [0.3, 0.4) is 0 Å². The third kappa shape index (κ3) is 3.46. The molecule has 110 valence electrons. The van der Waals surface area contributed by atoms with Gasteiger partial charge in [-0.05, 0) is 18.6 Å². The fourth-order valence-electron chi connectivity index (χ4n) is 2.49. The maximum atomic E-state index is 11.7. The number of amides is 1. The van der Waals surface area contributed by atoms with Gasteiger partial charge in [-0.25, -0.2) is 4.98 Å². The van der Waals surface area contributed by atoms with Crippen molar-refractivity contribution in [3.63, 3.8) is 0 Å². The summed E-state index contributed by atoms with van der Waals surface area (Å²) in [4.78, 5) is 19.5. The van der Waals surface area contributed by atoms with Gasteiger partial charge in [0.05, 0.1) is 6.54 Å². The van der Waals surface area contributed by atoms with Gasteiger partial charge in [0.25, 0.3) is 0 Å². The monoisotopic (exact) mass is 279 g/mol. The third-order valence-electron chi connectivity index (χ3n) is 3.53. The summed E-state index contributed by atoms with van der Waals surface area (Å²) in [6, 6.07) is 5.71. The minimum Gasteiger partial charge on any atom is -0.386 e. The van der Waals surface area contributed by atoms with E-state index in [0.717, 1.165) is 12.4 Å².